The Balaban J connectivity index is 2.22. The van der Waals surface area contributed by atoms with E-state index in [2.05, 4.69) is 22.1 Å². The Morgan fingerprint density at radius 3 is 3.07 bits per heavy atom. The lowest BCUT2D eigenvalue weighted by Gasteiger charge is -2.22. The van der Waals surface area contributed by atoms with Gasteiger partial charge in [-0.25, -0.2) is 0 Å². The van der Waals surface area contributed by atoms with Crippen LogP contribution in [0.4, 0.5) is 0 Å². The maximum absolute atomic E-state index is 5.13. The van der Waals surface area contributed by atoms with Crippen LogP contribution in [0.3, 0.4) is 0 Å². The van der Waals surface area contributed by atoms with Crippen molar-refractivity contribution in [2.75, 3.05) is 6.54 Å². The van der Waals surface area contributed by atoms with Crippen molar-refractivity contribution in [1.82, 2.24) is 9.88 Å². The normalized spacial score (nSPS) is 19.9. The van der Waals surface area contributed by atoms with Crippen LogP contribution >= 0.6 is 12.2 Å². The van der Waals surface area contributed by atoms with E-state index >= 15 is 0 Å². The number of rotatable bonds is 3. The van der Waals surface area contributed by atoms with Crippen LogP contribution in [-0.4, -0.2) is 21.5 Å². The highest BCUT2D eigenvalue weighted by Crippen LogP contribution is 2.27. The molecule has 0 amide bonds. The lowest BCUT2D eigenvalue weighted by molar-refractivity contribution is 0.347. The first-order chi connectivity index (χ1) is 7.33. The molecule has 4 nitrogen and oxygen atoms in total. The van der Waals surface area contributed by atoms with Gasteiger partial charge in [-0.1, -0.05) is 13.0 Å². The molecule has 0 saturated carbocycles. The number of hydrogen-bond acceptors (Lipinski definition) is 3. The first-order valence-corrected chi connectivity index (χ1v) is 5.35. The molecule has 2 rings (SSSR count). The number of nitrogens with zero attached hydrogens (tertiary/aromatic N) is 4. The van der Waals surface area contributed by atoms with Crippen molar-refractivity contribution >= 4 is 17.3 Å². The Morgan fingerprint density at radius 2 is 2.40 bits per heavy atom. The number of hydrogen-bond donors (Lipinski definition) is 0. The van der Waals surface area contributed by atoms with Gasteiger partial charge in [-0.3, -0.25) is 4.98 Å². The van der Waals surface area contributed by atoms with Crippen LogP contribution in [0.25, 0.3) is 0 Å². The summed E-state index contributed by atoms with van der Waals surface area (Å²) in [7, 11) is 0. The lowest BCUT2D eigenvalue weighted by atomic mass is 10.2. The summed E-state index contributed by atoms with van der Waals surface area (Å²) in [4.78, 5) is 6.10. The molecule has 0 fully saturated rings. The van der Waals surface area contributed by atoms with Gasteiger partial charge in [0.05, 0.1) is 0 Å². The van der Waals surface area contributed by atoms with Gasteiger partial charge < -0.3 is 4.90 Å². The Morgan fingerprint density at radius 1 is 1.53 bits per heavy atom. The molecular formula is C10H12N4S. The van der Waals surface area contributed by atoms with Crippen LogP contribution in [0.1, 0.15) is 25.1 Å². The van der Waals surface area contributed by atoms with Crippen LogP contribution in [0.2, 0.25) is 0 Å². The third-order valence-electron chi connectivity index (χ3n) is 2.24. The summed E-state index contributed by atoms with van der Waals surface area (Å²) in [5, 5.41) is 8.68. The van der Waals surface area contributed by atoms with Crippen molar-refractivity contribution < 1.29 is 0 Å². The number of aromatic nitrogens is 1. The molecule has 1 aliphatic heterocycles. The first-order valence-electron chi connectivity index (χ1n) is 4.94. The summed E-state index contributed by atoms with van der Waals surface area (Å²) in [6.45, 7) is 2.99. The zero-order chi connectivity index (χ0) is 10.7. The molecule has 1 unspecified atom stereocenters. The number of azo groups is 1. The average molecular weight is 220 g/mol. The van der Waals surface area contributed by atoms with Crippen molar-refractivity contribution in [1.29, 1.82) is 0 Å². The summed E-state index contributed by atoms with van der Waals surface area (Å²) >= 11 is 5.13. The van der Waals surface area contributed by atoms with E-state index in [1.54, 1.807) is 12.4 Å². The summed E-state index contributed by atoms with van der Waals surface area (Å²) in [6.07, 6.45) is 4.51. The van der Waals surface area contributed by atoms with Gasteiger partial charge in [-0.05, 0) is 24.7 Å². The molecule has 78 valence electrons. The molecule has 5 heteroatoms. The number of pyridine rings is 1. The minimum atomic E-state index is -0.0776. The Labute approximate surface area is 94.0 Å². The smallest absolute Gasteiger partial charge is 0.218 e. The summed E-state index contributed by atoms with van der Waals surface area (Å²) in [5.74, 6) is 0. The largest absolute Gasteiger partial charge is 0.318 e. The Hall–Kier alpha value is -1.36. The summed E-state index contributed by atoms with van der Waals surface area (Å²) in [6, 6.07) is 3.89. The van der Waals surface area contributed by atoms with Gasteiger partial charge >= 0.3 is 0 Å². The zero-order valence-corrected chi connectivity index (χ0v) is 9.31. The highest BCUT2D eigenvalue weighted by atomic mass is 32.1. The van der Waals surface area contributed by atoms with E-state index in [1.807, 2.05) is 17.0 Å². The quantitative estimate of drug-likeness (QED) is 0.735. The van der Waals surface area contributed by atoms with Crippen molar-refractivity contribution in [3.63, 3.8) is 0 Å². The van der Waals surface area contributed by atoms with E-state index in [-0.39, 0.29) is 6.17 Å². The highest BCUT2D eigenvalue weighted by molar-refractivity contribution is 7.80. The van der Waals surface area contributed by atoms with Gasteiger partial charge in [0.2, 0.25) is 5.11 Å². The predicted octanol–water partition coefficient (Wildman–Crippen LogP) is 2.54. The molecule has 0 bridgehead atoms. The fourth-order valence-electron chi connectivity index (χ4n) is 1.56. The Kier molecular flexibility index (Phi) is 3.01. The minimum absolute atomic E-state index is 0.0776. The SMILES string of the molecule is CCCN1C(=S)N=NC1c1cccnc1. The summed E-state index contributed by atoms with van der Waals surface area (Å²) in [5.41, 5.74) is 1.04. The minimum Gasteiger partial charge on any atom is -0.318 e. The fraction of sp³-hybridized carbons (Fsp3) is 0.400. The molecule has 1 aromatic heterocycles. The van der Waals surface area contributed by atoms with E-state index in [4.69, 9.17) is 12.2 Å². The molecule has 0 N–H and O–H groups in total. The zero-order valence-electron chi connectivity index (χ0n) is 8.50. The first kappa shape index (κ1) is 10.2. The molecule has 15 heavy (non-hydrogen) atoms. The standard InChI is InChI=1S/C10H12N4S/c1-2-6-14-9(12-13-10(14)15)8-4-3-5-11-7-8/h3-5,7,9H,2,6H2,1H3. The second-order valence-corrected chi connectivity index (χ2v) is 3.72. The lowest BCUT2D eigenvalue weighted by Crippen LogP contribution is -2.28. The van der Waals surface area contributed by atoms with Gasteiger partial charge in [0, 0.05) is 24.5 Å². The maximum Gasteiger partial charge on any atom is 0.218 e. The van der Waals surface area contributed by atoms with Gasteiger partial charge in [0.15, 0.2) is 6.17 Å². The van der Waals surface area contributed by atoms with Crippen molar-refractivity contribution in [2.45, 2.75) is 19.5 Å². The summed E-state index contributed by atoms with van der Waals surface area (Å²) < 4.78 is 0. The number of thiocarbonyl (C=S) groups is 1. The second kappa shape index (κ2) is 4.44. The van der Waals surface area contributed by atoms with Crippen LogP contribution in [0, 0.1) is 0 Å². The van der Waals surface area contributed by atoms with Crippen LogP contribution in [0.5, 0.6) is 0 Å². The van der Waals surface area contributed by atoms with Gasteiger partial charge in [0.1, 0.15) is 0 Å². The van der Waals surface area contributed by atoms with Crippen LogP contribution < -0.4 is 0 Å². The fourth-order valence-corrected chi connectivity index (χ4v) is 1.80. The predicted molar refractivity (Wildman–Crippen MR) is 61.4 cm³/mol. The van der Waals surface area contributed by atoms with Crippen molar-refractivity contribution in [3.8, 4) is 0 Å². The molecule has 1 atom stereocenters. The third kappa shape index (κ3) is 2.02. The van der Waals surface area contributed by atoms with Gasteiger partial charge in [-0.15, -0.1) is 5.11 Å². The Bertz CT molecular complexity index is 376. The second-order valence-electron chi connectivity index (χ2n) is 3.35. The van der Waals surface area contributed by atoms with Gasteiger partial charge in [0.25, 0.3) is 0 Å². The van der Waals surface area contributed by atoms with Crippen LogP contribution in [-0.2, 0) is 0 Å². The molecule has 2 heterocycles. The highest BCUT2D eigenvalue weighted by Gasteiger charge is 2.26. The monoisotopic (exact) mass is 220 g/mol. The van der Waals surface area contributed by atoms with E-state index in [9.17, 15) is 0 Å². The van der Waals surface area contributed by atoms with Crippen LogP contribution in [0.15, 0.2) is 34.8 Å². The molecule has 0 spiro atoms. The van der Waals surface area contributed by atoms with E-state index in [1.165, 1.54) is 0 Å². The van der Waals surface area contributed by atoms with E-state index in [0.717, 1.165) is 18.5 Å². The van der Waals surface area contributed by atoms with E-state index < -0.39 is 0 Å². The molecule has 0 radical (unpaired) electrons. The third-order valence-corrected chi connectivity index (χ3v) is 2.56. The topological polar surface area (TPSA) is 40.9 Å². The molecular weight excluding hydrogens is 208 g/mol. The van der Waals surface area contributed by atoms with Gasteiger partial charge in [-0.2, -0.15) is 5.11 Å². The molecule has 0 aliphatic carbocycles. The van der Waals surface area contributed by atoms with E-state index in [0.29, 0.717) is 5.11 Å². The maximum atomic E-state index is 5.13. The molecule has 1 aliphatic rings. The van der Waals surface area contributed by atoms with Crippen molar-refractivity contribution in [3.05, 3.63) is 30.1 Å². The molecule has 0 aromatic carbocycles. The molecule has 0 saturated heterocycles. The molecule has 1 aromatic rings. The average Bonchev–Trinajstić information content (AvgIpc) is 2.63. The van der Waals surface area contributed by atoms with Crippen molar-refractivity contribution in [2.24, 2.45) is 10.2 Å².